The first-order valence-electron chi connectivity index (χ1n) is 15.6. The van der Waals surface area contributed by atoms with Crippen molar-refractivity contribution in [2.24, 2.45) is 45.3 Å². The molecule has 4 aliphatic carbocycles. The third kappa shape index (κ3) is 4.91. The van der Waals surface area contributed by atoms with Crippen LogP contribution in [0, 0.1) is 45.3 Å². The highest BCUT2D eigenvalue weighted by Gasteiger charge is 2.72. The van der Waals surface area contributed by atoms with Crippen molar-refractivity contribution in [3.63, 3.8) is 0 Å². The minimum Gasteiger partial charge on any atom is -0.462 e. The summed E-state index contributed by atoms with van der Waals surface area (Å²) in [5, 5.41) is 11.9. The molecular formula is C34H56O5. The molecule has 10 atom stereocenters. The number of ether oxygens (including phenoxy) is 2. The van der Waals surface area contributed by atoms with Crippen LogP contribution in [-0.2, 0) is 19.1 Å². The summed E-state index contributed by atoms with van der Waals surface area (Å²) < 4.78 is 12.1. The van der Waals surface area contributed by atoms with Crippen LogP contribution in [0.25, 0.3) is 0 Å². The minimum absolute atomic E-state index is 0.0218. The van der Waals surface area contributed by atoms with Gasteiger partial charge < -0.3 is 14.6 Å². The highest BCUT2D eigenvalue weighted by Crippen LogP contribution is 2.76. The van der Waals surface area contributed by atoms with Crippen LogP contribution in [0.4, 0.5) is 0 Å². The van der Waals surface area contributed by atoms with Crippen LogP contribution < -0.4 is 0 Å². The van der Waals surface area contributed by atoms with Crippen LogP contribution in [0.3, 0.4) is 0 Å². The monoisotopic (exact) mass is 544 g/mol. The zero-order chi connectivity index (χ0) is 29.2. The minimum atomic E-state index is -0.804. The van der Waals surface area contributed by atoms with E-state index in [1.165, 1.54) is 12.5 Å². The average molecular weight is 545 g/mol. The van der Waals surface area contributed by atoms with Gasteiger partial charge in [-0.2, -0.15) is 0 Å². The molecule has 39 heavy (non-hydrogen) atoms. The summed E-state index contributed by atoms with van der Waals surface area (Å²) in [6.45, 7) is 21.4. The predicted octanol–water partition coefficient (Wildman–Crippen LogP) is 7.64. The van der Waals surface area contributed by atoms with E-state index in [9.17, 15) is 14.7 Å². The maximum atomic E-state index is 12.5. The fraction of sp³-hybridized carbons (Fsp3) is 0.882. The van der Waals surface area contributed by atoms with Crippen molar-refractivity contribution in [2.75, 3.05) is 0 Å². The highest BCUT2D eigenvalue weighted by molar-refractivity contribution is 5.66. The molecule has 0 bridgehead atoms. The van der Waals surface area contributed by atoms with Crippen LogP contribution in [0.1, 0.15) is 127 Å². The Kier molecular flexibility index (Phi) is 7.98. The normalized spacial score (nSPS) is 44.2. The zero-order valence-corrected chi connectivity index (χ0v) is 26.5. The Morgan fingerprint density at radius 2 is 1.49 bits per heavy atom. The van der Waals surface area contributed by atoms with E-state index in [0.29, 0.717) is 11.8 Å². The lowest BCUT2D eigenvalue weighted by Crippen LogP contribution is -2.67. The molecule has 5 heteroatoms. The Bertz CT molecular complexity index is 992. The van der Waals surface area contributed by atoms with E-state index in [4.69, 9.17) is 9.47 Å². The van der Waals surface area contributed by atoms with Crippen LogP contribution in [-0.4, -0.2) is 34.9 Å². The quantitative estimate of drug-likeness (QED) is 0.275. The van der Waals surface area contributed by atoms with Gasteiger partial charge in [-0.25, -0.2) is 0 Å². The molecule has 5 nitrogen and oxygen atoms in total. The third-order valence-corrected chi connectivity index (χ3v) is 12.9. The number of esters is 2. The van der Waals surface area contributed by atoms with Crippen LogP contribution in [0.2, 0.25) is 0 Å². The smallest absolute Gasteiger partial charge is 0.302 e. The lowest BCUT2D eigenvalue weighted by molar-refractivity contribution is -0.252. The fourth-order valence-electron chi connectivity index (χ4n) is 11.0. The van der Waals surface area contributed by atoms with E-state index < -0.39 is 5.60 Å². The Morgan fingerprint density at radius 1 is 0.872 bits per heavy atom. The van der Waals surface area contributed by atoms with E-state index in [1.54, 1.807) is 6.92 Å². The maximum absolute atomic E-state index is 12.5. The molecule has 222 valence electrons. The molecule has 4 rings (SSSR count). The summed E-state index contributed by atoms with van der Waals surface area (Å²) >= 11 is 0. The van der Waals surface area contributed by atoms with Gasteiger partial charge in [0.25, 0.3) is 0 Å². The number of hydrogen-bond acceptors (Lipinski definition) is 5. The van der Waals surface area contributed by atoms with E-state index in [-0.39, 0.29) is 57.6 Å². The average Bonchev–Trinajstić information content (AvgIpc) is 3.17. The summed E-state index contributed by atoms with van der Waals surface area (Å²) in [6.07, 6.45) is 10.6. The molecule has 0 spiro atoms. The van der Waals surface area contributed by atoms with E-state index in [2.05, 4.69) is 54.5 Å². The summed E-state index contributed by atoms with van der Waals surface area (Å²) in [6, 6.07) is 0. The van der Waals surface area contributed by atoms with Crippen LogP contribution in [0.5, 0.6) is 0 Å². The van der Waals surface area contributed by atoms with E-state index in [1.807, 2.05) is 6.92 Å². The molecule has 0 amide bonds. The molecule has 0 heterocycles. The standard InChI is InChI=1S/C34H56O5/c1-21(2)12-11-16-34(10,37)24-13-18-33(9)29(24)25(38-22(3)35)20-27-31(7)17-15-28(39-23(4)36)30(5,6)26(31)14-19-32(27,33)8/h12,24-29,37H,11,13-20H2,1-10H3/t24-,25+,26-,27+,28-,29-,31-,32+,33+,34-/m0/s1. The topological polar surface area (TPSA) is 72.8 Å². The van der Waals surface area contributed by atoms with E-state index in [0.717, 1.165) is 57.8 Å². The Hall–Kier alpha value is -1.36. The molecule has 1 N–H and O–H groups in total. The predicted molar refractivity (Wildman–Crippen MR) is 155 cm³/mol. The molecule has 4 fully saturated rings. The Labute approximate surface area is 237 Å². The van der Waals surface area contributed by atoms with Crippen molar-refractivity contribution in [1.29, 1.82) is 0 Å². The van der Waals surface area contributed by atoms with Crippen molar-refractivity contribution in [3.8, 4) is 0 Å². The summed E-state index contributed by atoms with van der Waals surface area (Å²) in [4.78, 5) is 24.5. The molecule has 0 aromatic rings. The van der Waals surface area contributed by atoms with Gasteiger partial charge in [-0.15, -0.1) is 0 Å². The van der Waals surface area contributed by atoms with Gasteiger partial charge in [0.05, 0.1) is 5.60 Å². The number of aliphatic hydroxyl groups is 1. The lowest BCUT2D eigenvalue weighted by Gasteiger charge is -2.70. The van der Waals surface area contributed by atoms with Gasteiger partial charge in [-0.1, -0.05) is 46.3 Å². The maximum Gasteiger partial charge on any atom is 0.302 e. The fourth-order valence-corrected chi connectivity index (χ4v) is 11.0. The van der Waals surface area contributed by atoms with E-state index >= 15 is 0 Å². The molecule has 4 saturated carbocycles. The summed E-state index contributed by atoms with van der Waals surface area (Å²) in [7, 11) is 0. The second-order valence-electron chi connectivity index (χ2n) is 15.7. The third-order valence-electron chi connectivity index (χ3n) is 12.9. The Balaban J connectivity index is 1.72. The van der Waals surface area contributed by atoms with Crippen LogP contribution in [0.15, 0.2) is 11.6 Å². The SMILES string of the molecule is CC(=O)O[C@H]1CC[C@]2(C)[C@H]3C[C@@H](OC(C)=O)[C@@H]4[C@@H]([C@@](C)(O)CCC=C(C)C)CC[C@@]4(C)[C@]3(C)CC[C@H]2C1(C)C. The number of rotatable bonds is 6. The van der Waals surface area contributed by atoms with Crippen LogP contribution >= 0.6 is 0 Å². The number of carbonyl (C=O) groups excluding carboxylic acids is 2. The van der Waals surface area contributed by atoms with Gasteiger partial charge in [0.2, 0.25) is 0 Å². The zero-order valence-electron chi connectivity index (χ0n) is 26.5. The van der Waals surface area contributed by atoms with Crippen molar-refractivity contribution >= 4 is 11.9 Å². The molecule has 0 unspecified atom stereocenters. The first-order valence-corrected chi connectivity index (χ1v) is 15.6. The lowest BCUT2D eigenvalue weighted by atomic mass is 9.35. The number of fused-ring (bicyclic) bond motifs is 5. The van der Waals surface area contributed by atoms with Crippen molar-refractivity contribution in [1.82, 2.24) is 0 Å². The number of hydrogen-bond donors (Lipinski definition) is 1. The van der Waals surface area contributed by atoms with Gasteiger partial charge in [0.1, 0.15) is 12.2 Å². The molecule has 4 aliphatic rings. The molecular weight excluding hydrogens is 488 g/mol. The van der Waals surface area contributed by atoms with Gasteiger partial charge in [0, 0.05) is 25.2 Å². The molecule has 0 radical (unpaired) electrons. The largest absolute Gasteiger partial charge is 0.462 e. The first-order chi connectivity index (χ1) is 17.9. The van der Waals surface area contributed by atoms with Crippen molar-refractivity contribution < 1.29 is 24.2 Å². The van der Waals surface area contributed by atoms with Crippen molar-refractivity contribution in [3.05, 3.63) is 11.6 Å². The van der Waals surface area contributed by atoms with Gasteiger partial charge in [0.15, 0.2) is 0 Å². The first kappa shape index (κ1) is 30.6. The second kappa shape index (κ2) is 10.2. The number of allylic oxidation sites excluding steroid dienone is 2. The molecule has 0 aromatic heterocycles. The molecule has 0 saturated heterocycles. The van der Waals surface area contributed by atoms with Gasteiger partial charge in [-0.05, 0) is 113 Å². The van der Waals surface area contributed by atoms with Gasteiger partial charge in [-0.3, -0.25) is 9.59 Å². The molecule has 0 aliphatic heterocycles. The summed E-state index contributed by atoms with van der Waals surface area (Å²) in [5.41, 5.74) is 0.511. The second-order valence-corrected chi connectivity index (χ2v) is 15.7. The number of carbonyl (C=O) groups is 2. The van der Waals surface area contributed by atoms with Crippen molar-refractivity contribution in [2.45, 2.75) is 145 Å². The highest BCUT2D eigenvalue weighted by atomic mass is 16.5. The Morgan fingerprint density at radius 3 is 2.08 bits per heavy atom. The van der Waals surface area contributed by atoms with Gasteiger partial charge >= 0.3 is 11.9 Å². The molecule has 0 aromatic carbocycles. The summed E-state index contributed by atoms with van der Waals surface area (Å²) in [5.74, 6) is 0.697.